The lowest BCUT2D eigenvalue weighted by molar-refractivity contribution is 0.0690. The molecule has 6 heteroatoms. The number of carboxylic acid groups (broad SMARTS) is 1. The van der Waals surface area contributed by atoms with Crippen LogP contribution in [0.2, 0.25) is 0 Å². The summed E-state index contributed by atoms with van der Waals surface area (Å²) in [6.07, 6.45) is 3.85. The Morgan fingerprint density at radius 2 is 2.50 bits per heavy atom. The number of nitrogens with one attached hydrogen (secondary N) is 1. The summed E-state index contributed by atoms with van der Waals surface area (Å²) in [5, 5.41) is 12.0. The Balaban J connectivity index is 1.93. The Labute approximate surface area is 106 Å². The number of rotatable bonds is 5. The lowest BCUT2D eigenvalue weighted by Gasteiger charge is -2.22. The van der Waals surface area contributed by atoms with Crippen molar-refractivity contribution in [2.24, 2.45) is 0 Å². The lowest BCUT2D eigenvalue weighted by Crippen LogP contribution is -2.35. The molecular formula is C12H18N4O2. The van der Waals surface area contributed by atoms with Crippen LogP contribution in [0.1, 0.15) is 30.3 Å². The van der Waals surface area contributed by atoms with Crippen molar-refractivity contribution < 1.29 is 9.90 Å². The Bertz CT molecular complexity index is 424. The van der Waals surface area contributed by atoms with Gasteiger partial charge in [0.25, 0.3) is 0 Å². The Morgan fingerprint density at radius 3 is 3.22 bits per heavy atom. The van der Waals surface area contributed by atoms with E-state index in [2.05, 4.69) is 27.1 Å². The SMILES string of the molecule is CCN1CCCC1CNc1nccc(C(=O)O)n1. The first-order valence-electron chi connectivity index (χ1n) is 6.25. The minimum absolute atomic E-state index is 0.0197. The molecule has 2 rings (SSSR count). The quantitative estimate of drug-likeness (QED) is 0.814. The van der Waals surface area contributed by atoms with Crippen LogP contribution in [0.5, 0.6) is 0 Å². The topological polar surface area (TPSA) is 78.4 Å². The lowest BCUT2D eigenvalue weighted by atomic mass is 10.2. The van der Waals surface area contributed by atoms with Gasteiger partial charge in [0.15, 0.2) is 5.69 Å². The van der Waals surface area contributed by atoms with Crippen LogP contribution >= 0.6 is 0 Å². The highest BCUT2D eigenvalue weighted by molar-refractivity contribution is 5.85. The minimum Gasteiger partial charge on any atom is -0.477 e. The standard InChI is InChI=1S/C12H18N4O2/c1-2-16-7-3-4-9(16)8-14-12-13-6-5-10(15-12)11(17)18/h5-6,9H,2-4,7-8H2,1H3,(H,17,18)(H,13,14,15). The number of anilines is 1. The van der Waals surface area contributed by atoms with Crippen LogP contribution in [-0.2, 0) is 0 Å². The van der Waals surface area contributed by atoms with Crippen LogP contribution in [-0.4, -0.2) is 51.6 Å². The van der Waals surface area contributed by atoms with E-state index in [0.29, 0.717) is 12.0 Å². The molecule has 1 atom stereocenters. The second kappa shape index (κ2) is 5.77. The molecule has 1 fully saturated rings. The van der Waals surface area contributed by atoms with Gasteiger partial charge in [-0.3, -0.25) is 4.90 Å². The predicted octanol–water partition coefficient (Wildman–Crippen LogP) is 1.07. The average molecular weight is 250 g/mol. The fourth-order valence-corrected chi connectivity index (χ4v) is 2.31. The van der Waals surface area contributed by atoms with Crippen LogP contribution in [0.15, 0.2) is 12.3 Å². The highest BCUT2D eigenvalue weighted by Gasteiger charge is 2.22. The van der Waals surface area contributed by atoms with Crippen molar-refractivity contribution >= 4 is 11.9 Å². The van der Waals surface area contributed by atoms with Gasteiger partial charge >= 0.3 is 5.97 Å². The normalized spacial score (nSPS) is 19.9. The van der Waals surface area contributed by atoms with Crippen LogP contribution in [0.4, 0.5) is 5.95 Å². The molecule has 0 spiro atoms. The first-order valence-corrected chi connectivity index (χ1v) is 6.25. The largest absolute Gasteiger partial charge is 0.477 e. The summed E-state index contributed by atoms with van der Waals surface area (Å²) in [5.74, 6) is -0.644. The molecule has 0 aliphatic carbocycles. The Morgan fingerprint density at radius 1 is 1.67 bits per heavy atom. The zero-order valence-electron chi connectivity index (χ0n) is 10.5. The summed E-state index contributed by atoms with van der Waals surface area (Å²) < 4.78 is 0. The number of likely N-dealkylation sites (tertiary alicyclic amines) is 1. The molecule has 1 unspecified atom stereocenters. The van der Waals surface area contributed by atoms with Gasteiger partial charge < -0.3 is 10.4 Å². The first kappa shape index (κ1) is 12.8. The number of hydrogen-bond donors (Lipinski definition) is 2. The third-order valence-corrected chi connectivity index (χ3v) is 3.28. The van der Waals surface area contributed by atoms with E-state index in [0.717, 1.165) is 19.6 Å². The summed E-state index contributed by atoms with van der Waals surface area (Å²) in [5.41, 5.74) is 0.0197. The predicted molar refractivity (Wildman–Crippen MR) is 67.8 cm³/mol. The first-order chi connectivity index (χ1) is 8.70. The molecule has 1 aromatic heterocycles. The molecule has 18 heavy (non-hydrogen) atoms. The average Bonchev–Trinajstić information content (AvgIpc) is 2.84. The van der Waals surface area contributed by atoms with Crippen molar-refractivity contribution in [1.82, 2.24) is 14.9 Å². The molecule has 0 aromatic carbocycles. The number of nitrogens with zero attached hydrogens (tertiary/aromatic N) is 3. The molecule has 1 aliphatic rings. The molecule has 98 valence electrons. The molecule has 6 nitrogen and oxygen atoms in total. The number of hydrogen-bond acceptors (Lipinski definition) is 5. The van der Waals surface area contributed by atoms with Crippen molar-refractivity contribution in [3.63, 3.8) is 0 Å². The Kier molecular flexibility index (Phi) is 4.09. The van der Waals surface area contributed by atoms with E-state index >= 15 is 0 Å². The fourth-order valence-electron chi connectivity index (χ4n) is 2.31. The maximum Gasteiger partial charge on any atom is 0.354 e. The van der Waals surface area contributed by atoms with Gasteiger partial charge in [-0.2, -0.15) is 0 Å². The monoisotopic (exact) mass is 250 g/mol. The van der Waals surface area contributed by atoms with Gasteiger partial charge in [0.05, 0.1) is 0 Å². The van der Waals surface area contributed by atoms with Crippen molar-refractivity contribution in [2.75, 3.05) is 25.0 Å². The zero-order chi connectivity index (χ0) is 13.0. The van der Waals surface area contributed by atoms with Crippen molar-refractivity contribution in [3.8, 4) is 0 Å². The fraction of sp³-hybridized carbons (Fsp3) is 0.583. The van der Waals surface area contributed by atoms with E-state index in [1.54, 1.807) is 0 Å². The van der Waals surface area contributed by atoms with Crippen molar-refractivity contribution in [1.29, 1.82) is 0 Å². The summed E-state index contributed by atoms with van der Waals surface area (Å²) >= 11 is 0. The van der Waals surface area contributed by atoms with E-state index in [9.17, 15) is 4.79 Å². The maximum atomic E-state index is 10.8. The van der Waals surface area contributed by atoms with Gasteiger partial charge in [-0.25, -0.2) is 14.8 Å². The third kappa shape index (κ3) is 2.95. The van der Waals surface area contributed by atoms with Gasteiger partial charge in [-0.15, -0.1) is 0 Å². The molecule has 0 amide bonds. The van der Waals surface area contributed by atoms with Gasteiger partial charge in [-0.1, -0.05) is 6.92 Å². The molecule has 2 heterocycles. The molecule has 1 aliphatic heterocycles. The van der Waals surface area contributed by atoms with Crippen molar-refractivity contribution in [2.45, 2.75) is 25.8 Å². The second-order valence-corrected chi connectivity index (χ2v) is 4.38. The number of aromatic nitrogens is 2. The molecule has 1 aromatic rings. The van der Waals surface area contributed by atoms with Crippen molar-refractivity contribution in [3.05, 3.63) is 18.0 Å². The summed E-state index contributed by atoms with van der Waals surface area (Å²) in [4.78, 5) is 21.2. The van der Waals surface area contributed by atoms with E-state index < -0.39 is 5.97 Å². The summed E-state index contributed by atoms with van der Waals surface area (Å²) in [7, 11) is 0. The Hall–Kier alpha value is -1.69. The molecule has 1 saturated heterocycles. The van der Waals surface area contributed by atoms with E-state index in [4.69, 9.17) is 5.11 Å². The van der Waals surface area contributed by atoms with Gasteiger partial charge in [0.1, 0.15) is 0 Å². The van der Waals surface area contributed by atoms with Crippen LogP contribution in [0, 0.1) is 0 Å². The number of carbonyl (C=O) groups is 1. The second-order valence-electron chi connectivity index (χ2n) is 4.38. The molecular weight excluding hydrogens is 232 g/mol. The van der Waals surface area contributed by atoms with Crippen LogP contribution < -0.4 is 5.32 Å². The van der Waals surface area contributed by atoms with Crippen LogP contribution in [0.3, 0.4) is 0 Å². The zero-order valence-corrected chi connectivity index (χ0v) is 10.5. The number of likely N-dealkylation sites (N-methyl/N-ethyl adjacent to an activating group) is 1. The van der Waals surface area contributed by atoms with E-state index in [-0.39, 0.29) is 5.69 Å². The smallest absolute Gasteiger partial charge is 0.354 e. The van der Waals surface area contributed by atoms with Crippen LogP contribution in [0.25, 0.3) is 0 Å². The van der Waals surface area contributed by atoms with Gasteiger partial charge in [0.2, 0.25) is 5.95 Å². The third-order valence-electron chi connectivity index (χ3n) is 3.28. The minimum atomic E-state index is -1.03. The van der Waals surface area contributed by atoms with E-state index in [1.807, 2.05) is 0 Å². The van der Waals surface area contributed by atoms with Gasteiger partial charge in [-0.05, 0) is 32.0 Å². The summed E-state index contributed by atoms with van der Waals surface area (Å²) in [6.45, 7) is 5.10. The van der Waals surface area contributed by atoms with Gasteiger partial charge in [0, 0.05) is 18.8 Å². The maximum absolute atomic E-state index is 10.8. The molecule has 0 radical (unpaired) electrons. The molecule has 2 N–H and O–H groups in total. The summed E-state index contributed by atoms with van der Waals surface area (Å²) in [6, 6.07) is 1.88. The highest BCUT2D eigenvalue weighted by atomic mass is 16.4. The van der Waals surface area contributed by atoms with E-state index in [1.165, 1.54) is 25.1 Å². The number of carboxylic acids is 1. The highest BCUT2D eigenvalue weighted by Crippen LogP contribution is 2.16. The molecule has 0 saturated carbocycles. The number of aromatic carboxylic acids is 1. The molecule has 0 bridgehead atoms.